The van der Waals surface area contributed by atoms with E-state index in [9.17, 15) is 4.79 Å². The number of hydrogen-bond donors (Lipinski definition) is 2. The van der Waals surface area contributed by atoms with Gasteiger partial charge in [0.15, 0.2) is 0 Å². The molecule has 2 rings (SSSR count). The molecule has 4 heteroatoms. The Morgan fingerprint density at radius 2 is 1.79 bits per heavy atom. The van der Waals surface area contributed by atoms with Crippen LogP contribution in [0, 0.1) is 5.41 Å². The number of amidine groups is 1. The third kappa shape index (κ3) is 3.81. The molecule has 1 saturated heterocycles. The maximum atomic E-state index is 12.0. The van der Waals surface area contributed by atoms with Crippen LogP contribution in [-0.2, 0) is 11.2 Å². The Labute approximate surface area is 114 Å². The molecule has 1 amide bonds. The SMILES string of the molecule is N=C(N)c1ccc(CCC(=O)N2CCCCC2)cc1. The maximum absolute atomic E-state index is 12.0. The van der Waals surface area contributed by atoms with Crippen molar-refractivity contribution in [1.82, 2.24) is 4.90 Å². The van der Waals surface area contributed by atoms with Gasteiger partial charge in [0.2, 0.25) is 5.91 Å². The summed E-state index contributed by atoms with van der Waals surface area (Å²) >= 11 is 0. The van der Waals surface area contributed by atoms with Crippen molar-refractivity contribution in [3.63, 3.8) is 0 Å². The first-order valence-corrected chi connectivity index (χ1v) is 6.88. The van der Waals surface area contributed by atoms with Crippen LogP contribution in [0.5, 0.6) is 0 Å². The van der Waals surface area contributed by atoms with Crippen molar-refractivity contribution in [1.29, 1.82) is 5.41 Å². The highest BCUT2D eigenvalue weighted by Crippen LogP contribution is 2.12. The van der Waals surface area contributed by atoms with Gasteiger partial charge in [0.05, 0.1) is 0 Å². The second-order valence-electron chi connectivity index (χ2n) is 5.05. The lowest BCUT2D eigenvalue weighted by atomic mass is 10.1. The molecule has 0 aromatic heterocycles. The number of benzene rings is 1. The molecular weight excluding hydrogens is 238 g/mol. The number of nitrogen functional groups attached to an aromatic ring is 1. The molecule has 0 spiro atoms. The van der Waals surface area contributed by atoms with Gasteiger partial charge in [0.25, 0.3) is 0 Å². The third-order valence-electron chi connectivity index (χ3n) is 3.60. The molecule has 1 aliphatic rings. The minimum absolute atomic E-state index is 0.0796. The predicted molar refractivity (Wildman–Crippen MR) is 76.2 cm³/mol. The smallest absolute Gasteiger partial charge is 0.222 e. The van der Waals surface area contributed by atoms with Gasteiger partial charge in [-0.3, -0.25) is 10.2 Å². The monoisotopic (exact) mass is 259 g/mol. The maximum Gasteiger partial charge on any atom is 0.222 e. The summed E-state index contributed by atoms with van der Waals surface area (Å²) in [6, 6.07) is 7.56. The molecule has 0 radical (unpaired) electrons. The van der Waals surface area contributed by atoms with Crippen LogP contribution in [0.2, 0.25) is 0 Å². The van der Waals surface area contributed by atoms with E-state index in [-0.39, 0.29) is 11.7 Å². The average molecular weight is 259 g/mol. The summed E-state index contributed by atoms with van der Waals surface area (Å²) in [5.41, 5.74) is 7.25. The van der Waals surface area contributed by atoms with Crippen LogP contribution in [0.1, 0.15) is 36.8 Å². The van der Waals surface area contributed by atoms with Crippen LogP contribution in [0.25, 0.3) is 0 Å². The molecule has 1 heterocycles. The topological polar surface area (TPSA) is 70.2 Å². The Balaban J connectivity index is 1.84. The third-order valence-corrected chi connectivity index (χ3v) is 3.60. The van der Waals surface area contributed by atoms with Gasteiger partial charge in [-0.15, -0.1) is 0 Å². The first kappa shape index (κ1) is 13.6. The van der Waals surface area contributed by atoms with E-state index in [2.05, 4.69) is 0 Å². The quantitative estimate of drug-likeness (QED) is 0.640. The van der Waals surface area contributed by atoms with Crippen molar-refractivity contribution in [2.24, 2.45) is 5.73 Å². The van der Waals surface area contributed by atoms with Crippen molar-refractivity contribution in [3.05, 3.63) is 35.4 Å². The van der Waals surface area contributed by atoms with E-state index in [4.69, 9.17) is 11.1 Å². The summed E-state index contributed by atoms with van der Waals surface area (Å²) in [5.74, 6) is 0.339. The van der Waals surface area contributed by atoms with Gasteiger partial charge in [-0.25, -0.2) is 0 Å². The lowest BCUT2D eigenvalue weighted by Crippen LogP contribution is -2.35. The van der Waals surface area contributed by atoms with Crippen LogP contribution < -0.4 is 5.73 Å². The number of piperidine rings is 1. The molecule has 0 saturated carbocycles. The highest BCUT2D eigenvalue weighted by atomic mass is 16.2. The van der Waals surface area contributed by atoms with Crippen molar-refractivity contribution < 1.29 is 4.79 Å². The first-order chi connectivity index (χ1) is 9.16. The van der Waals surface area contributed by atoms with Gasteiger partial charge >= 0.3 is 0 Å². The second kappa shape index (κ2) is 6.36. The lowest BCUT2D eigenvalue weighted by molar-refractivity contribution is -0.132. The number of likely N-dealkylation sites (tertiary alicyclic amines) is 1. The lowest BCUT2D eigenvalue weighted by Gasteiger charge is -2.26. The van der Waals surface area contributed by atoms with Crippen molar-refractivity contribution in [3.8, 4) is 0 Å². The molecular formula is C15H21N3O. The number of nitrogens with zero attached hydrogens (tertiary/aromatic N) is 1. The van der Waals surface area contributed by atoms with Crippen molar-refractivity contribution >= 4 is 11.7 Å². The minimum atomic E-state index is 0.0796. The Morgan fingerprint density at radius 3 is 2.37 bits per heavy atom. The molecule has 19 heavy (non-hydrogen) atoms. The molecule has 102 valence electrons. The summed E-state index contributed by atoms with van der Waals surface area (Å²) in [6.45, 7) is 1.84. The van der Waals surface area contributed by atoms with Gasteiger partial charge in [-0.2, -0.15) is 0 Å². The summed E-state index contributed by atoms with van der Waals surface area (Å²) in [6.07, 6.45) is 4.85. The fourth-order valence-electron chi connectivity index (χ4n) is 2.40. The average Bonchev–Trinajstić information content (AvgIpc) is 2.46. The van der Waals surface area contributed by atoms with E-state index in [0.29, 0.717) is 6.42 Å². The van der Waals surface area contributed by atoms with E-state index in [0.717, 1.165) is 43.5 Å². The van der Waals surface area contributed by atoms with Crippen LogP contribution >= 0.6 is 0 Å². The van der Waals surface area contributed by atoms with Gasteiger partial charge in [0, 0.05) is 25.1 Å². The number of carbonyl (C=O) groups is 1. The fraction of sp³-hybridized carbons (Fsp3) is 0.467. The number of nitrogens with one attached hydrogen (secondary N) is 1. The normalized spacial score (nSPS) is 15.3. The minimum Gasteiger partial charge on any atom is -0.384 e. The second-order valence-corrected chi connectivity index (χ2v) is 5.05. The highest BCUT2D eigenvalue weighted by molar-refractivity contribution is 5.94. The largest absolute Gasteiger partial charge is 0.384 e. The molecule has 1 aromatic carbocycles. The standard InChI is InChI=1S/C15H21N3O/c16-15(17)13-7-4-12(5-8-13)6-9-14(19)18-10-2-1-3-11-18/h4-5,7-8H,1-3,6,9-11H2,(H3,16,17). The summed E-state index contributed by atoms with van der Waals surface area (Å²) in [7, 11) is 0. The molecule has 0 aliphatic carbocycles. The number of hydrogen-bond acceptors (Lipinski definition) is 2. The Morgan fingerprint density at radius 1 is 1.16 bits per heavy atom. The number of amides is 1. The number of aryl methyl sites for hydroxylation is 1. The number of rotatable bonds is 4. The molecule has 4 nitrogen and oxygen atoms in total. The zero-order chi connectivity index (χ0) is 13.7. The molecule has 1 aromatic rings. The fourth-order valence-corrected chi connectivity index (χ4v) is 2.40. The zero-order valence-corrected chi connectivity index (χ0v) is 11.2. The molecule has 1 fully saturated rings. The highest BCUT2D eigenvalue weighted by Gasteiger charge is 2.15. The van der Waals surface area contributed by atoms with E-state index in [1.165, 1.54) is 6.42 Å². The molecule has 1 aliphatic heterocycles. The summed E-state index contributed by atoms with van der Waals surface area (Å²) < 4.78 is 0. The van der Waals surface area contributed by atoms with Crippen LogP contribution in [0.15, 0.2) is 24.3 Å². The Kier molecular flexibility index (Phi) is 4.55. The van der Waals surface area contributed by atoms with Crippen LogP contribution in [0.3, 0.4) is 0 Å². The van der Waals surface area contributed by atoms with Gasteiger partial charge in [-0.1, -0.05) is 24.3 Å². The summed E-state index contributed by atoms with van der Waals surface area (Å²) in [5, 5.41) is 7.33. The molecule has 3 N–H and O–H groups in total. The van der Waals surface area contributed by atoms with E-state index < -0.39 is 0 Å². The molecule has 0 unspecified atom stereocenters. The van der Waals surface area contributed by atoms with E-state index in [1.807, 2.05) is 29.2 Å². The zero-order valence-electron chi connectivity index (χ0n) is 11.2. The number of carbonyl (C=O) groups excluding carboxylic acids is 1. The van der Waals surface area contributed by atoms with Crippen molar-refractivity contribution in [2.45, 2.75) is 32.1 Å². The Hall–Kier alpha value is -1.84. The number of nitrogens with two attached hydrogens (primary N) is 1. The van der Waals surface area contributed by atoms with Gasteiger partial charge in [0.1, 0.15) is 5.84 Å². The Bertz CT molecular complexity index is 447. The van der Waals surface area contributed by atoms with Gasteiger partial charge < -0.3 is 10.6 Å². The van der Waals surface area contributed by atoms with Gasteiger partial charge in [-0.05, 0) is 31.2 Å². The van der Waals surface area contributed by atoms with Crippen molar-refractivity contribution in [2.75, 3.05) is 13.1 Å². The molecule has 0 bridgehead atoms. The summed E-state index contributed by atoms with van der Waals surface area (Å²) in [4.78, 5) is 14.0. The molecule has 0 atom stereocenters. The van der Waals surface area contributed by atoms with Crippen LogP contribution in [0.4, 0.5) is 0 Å². The van der Waals surface area contributed by atoms with E-state index >= 15 is 0 Å². The van der Waals surface area contributed by atoms with Crippen LogP contribution in [-0.4, -0.2) is 29.7 Å². The predicted octanol–water partition coefficient (Wildman–Crippen LogP) is 1.92. The van der Waals surface area contributed by atoms with E-state index in [1.54, 1.807) is 0 Å². The first-order valence-electron chi connectivity index (χ1n) is 6.88.